The van der Waals surface area contributed by atoms with Crippen molar-refractivity contribution >= 4 is 5.97 Å². The zero-order valence-electron chi connectivity index (χ0n) is 10.4. The molecule has 3 heteroatoms. The van der Waals surface area contributed by atoms with Crippen molar-refractivity contribution in [2.75, 3.05) is 13.1 Å². The lowest BCUT2D eigenvalue weighted by molar-refractivity contribution is -0.141. The van der Waals surface area contributed by atoms with E-state index in [1.165, 1.54) is 11.1 Å². The van der Waals surface area contributed by atoms with Crippen molar-refractivity contribution < 1.29 is 9.90 Å². The Hall–Kier alpha value is -1.35. The van der Waals surface area contributed by atoms with Crippen LogP contribution < -0.4 is 0 Å². The van der Waals surface area contributed by atoms with Crippen LogP contribution in [0.15, 0.2) is 24.3 Å². The highest BCUT2D eigenvalue weighted by Gasteiger charge is 2.31. The number of aliphatic carboxylic acids is 1. The van der Waals surface area contributed by atoms with Gasteiger partial charge < -0.3 is 5.11 Å². The molecule has 0 saturated carbocycles. The maximum Gasteiger partial charge on any atom is 0.307 e. The van der Waals surface area contributed by atoms with Crippen LogP contribution in [-0.2, 0) is 4.79 Å². The highest BCUT2D eigenvalue weighted by atomic mass is 16.4. The summed E-state index contributed by atoms with van der Waals surface area (Å²) in [6, 6.07) is 8.63. The summed E-state index contributed by atoms with van der Waals surface area (Å²) < 4.78 is 0. The molecule has 0 radical (unpaired) electrons. The molecule has 0 amide bonds. The lowest BCUT2D eigenvalue weighted by Crippen LogP contribution is -2.26. The lowest BCUT2D eigenvalue weighted by Gasteiger charge is -2.25. The number of carboxylic acids is 1. The van der Waals surface area contributed by atoms with Crippen LogP contribution in [0.3, 0.4) is 0 Å². The Labute approximate surface area is 102 Å². The number of hydrogen-bond acceptors (Lipinski definition) is 2. The van der Waals surface area contributed by atoms with Crippen LogP contribution in [0.1, 0.15) is 30.5 Å². The zero-order chi connectivity index (χ0) is 12.4. The average molecular weight is 233 g/mol. The summed E-state index contributed by atoms with van der Waals surface area (Å²) in [7, 11) is 0. The summed E-state index contributed by atoms with van der Waals surface area (Å²) in [5, 5.41) is 9.01. The first-order valence-electron chi connectivity index (χ1n) is 6.12. The third kappa shape index (κ3) is 2.50. The molecule has 0 aromatic heterocycles. The fourth-order valence-corrected chi connectivity index (χ4v) is 2.59. The van der Waals surface area contributed by atoms with Crippen LogP contribution in [0, 0.1) is 12.8 Å². The molecule has 0 bridgehead atoms. The van der Waals surface area contributed by atoms with E-state index in [0.717, 1.165) is 13.0 Å². The molecular formula is C14H19NO2. The normalized spacial score (nSPS) is 22.6. The Balaban J connectivity index is 2.09. The molecule has 0 aliphatic carbocycles. The van der Waals surface area contributed by atoms with E-state index in [0.29, 0.717) is 12.6 Å². The molecule has 2 rings (SSSR count). The minimum Gasteiger partial charge on any atom is -0.481 e. The average Bonchev–Trinajstić information content (AvgIpc) is 2.78. The van der Waals surface area contributed by atoms with E-state index in [9.17, 15) is 4.79 Å². The molecule has 2 unspecified atom stereocenters. The fourth-order valence-electron chi connectivity index (χ4n) is 2.59. The van der Waals surface area contributed by atoms with Gasteiger partial charge in [0.25, 0.3) is 0 Å². The molecule has 1 N–H and O–H groups in total. The first-order chi connectivity index (χ1) is 8.09. The first-order valence-corrected chi connectivity index (χ1v) is 6.12. The smallest absolute Gasteiger partial charge is 0.307 e. The van der Waals surface area contributed by atoms with Crippen LogP contribution in [0.5, 0.6) is 0 Å². The summed E-state index contributed by atoms with van der Waals surface area (Å²) in [6.07, 6.45) is 0.769. The molecule has 1 aliphatic rings. The minimum absolute atomic E-state index is 0.193. The minimum atomic E-state index is -0.663. The number of likely N-dealkylation sites (tertiary alicyclic amines) is 1. The Bertz CT molecular complexity index is 416. The van der Waals surface area contributed by atoms with E-state index in [1.54, 1.807) is 0 Å². The van der Waals surface area contributed by atoms with E-state index in [1.807, 2.05) is 12.1 Å². The van der Waals surface area contributed by atoms with Gasteiger partial charge in [-0.1, -0.05) is 24.3 Å². The van der Waals surface area contributed by atoms with Crippen LogP contribution in [0.25, 0.3) is 0 Å². The maximum atomic E-state index is 10.9. The van der Waals surface area contributed by atoms with Gasteiger partial charge in [0.2, 0.25) is 0 Å². The Morgan fingerprint density at radius 3 is 2.76 bits per heavy atom. The van der Waals surface area contributed by atoms with Gasteiger partial charge >= 0.3 is 5.97 Å². The monoisotopic (exact) mass is 233 g/mol. The largest absolute Gasteiger partial charge is 0.481 e. The molecule has 1 aliphatic heterocycles. The summed E-state index contributed by atoms with van der Waals surface area (Å²) >= 11 is 0. The summed E-state index contributed by atoms with van der Waals surface area (Å²) in [5.41, 5.74) is 2.58. The summed E-state index contributed by atoms with van der Waals surface area (Å²) in [5.74, 6) is -0.856. The Kier molecular flexibility index (Phi) is 3.48. The van der Waals surface area contributed by atoms with Gasteiger partial charge in [-0.2, -0.15) is 0 Å². The number of aryl methyl sites for hydroxylation is 1. The van der Waals surface area contributed by atoms with Gasteiger partial charge in [0.1, 0.15) is 0 Å². The van der Waals surface area contributed by atoms with Crippen molar-refractivity contribution in [3.05, 3.63) is 35.4 Å². The van der Waals surface area contributed by atoms with Gasteiger partial charge in [-0.3, -0.25) is 9.69 Å². The molecule has 17 heavy (non-hydrogen) atoms. The van der Waals surface area contributed by atoms with E-state index < -0.39 is 5.97 Å². The molecule has 3 nitrogen and oxygen atoms in total. The molecule has 1 aromatic rings. The van der Waals surface area contributed by atoms with E-state index in [4.69, 9.17) is 5.11 Å². The van der Waals surface area contributed by atoms with Crippen LogP contribution >= 0.6 is 0 Å². The standard InChI is InChI=1S/C14H19NO2/c1-10-5-3-4-6-13(10)11(2)15-8-7-12(9-15)14(16)17/h3-6,11-12H,7-9H2,1-2H3,(H,16,17). The van der Waals surface area contributed by atoms with Gasteiger partial charge in [0, 0.05) is 12.6 Å². The van der Waals surface area contributed by atoms with Crippen LogP contribution in [-0.4, -0.2) is 29.1 Å². The van der Waals surface area contributed by atoms with Crippen molar-refractivity contribution in [2.45, 2.75) is 26.3 Å². The van der Waals surface area contributed by atoms with Gasteiger partial charge in [0.05, 0.1) is 5.92 Å². The number of benzene rings is 1. The SMILES string of the molecule is Cc1ccccc1C(C)N1CCC(C(=O)O)C1. The third-order valence-electron chi connectivity index (χ3n) is 3.76. The van der Waals surface area contributed by atoms with Gasteiger partial charge in [-0.05, 0) is 37.9 Å². The quantitative estimate of drug-likeness (QED) is 0.871. The van der Waals surface area contributed by atoms with Gasteiger partial charge in [0.15, 0.2) is 0 Å². The number of carbonyl (C=O) groups is 1. The van der Waals surface area contributed by atoms with Crippen molar-refractivity contribution in [3.63, 3.8) is 0 Å². The highest BCUT2D eigenvalue weighted by molar-refractivity contribution is 5.70. The number of carboxylic acid groups (broad SMARTS) is 1. The molecule has 92 valence electrons. The second-order valence-electron chi connectivity index (χ2n) is 4.85. The number of hydrogen-bond donors (Lipinski definition) is 1. The maximum absolute atomic E-state index is 10.9. The summed E-state index contributed by atoms with van der Waals surface area (Å²) in [4.78, 5) is 13.2. The molecule has 1 aromatic carbocycles. The van der Waals surface area contributed by atoms with Crippen molar-refractivity contribution in [1.82, 2.24) is 4.90 Å². The molecule has 1 heterocycles. The predicted molar refractivity (Wildman–Crippen MR) is 66.9 cm³/mol. The van der Waals surface area contributed by atoms with Crippen molar-refractivity contribution in [3.8, 4) is 0 Å². The van der Waals surface area contributed by atoms with Crippen molar-refractivity contribution in [1.29, 1.82) is 0 Å². The highest BCUT2D eigenvalue weighted by Crippen LogP contribution is 2.28. The Morgan fingerprint density at radius 2 is 2.18 bits per heavy atom. The molecular weight excluding hydrogens is 214 g/mol. The Morgan fingerprint density at radius 1 is 1.47 bits per heavy atom. The third-order valence-corrected chi connectivity index (χ3v) is 3.76. The summed E-state index contributed by atoms with van der Waals surface area (Å²) in [6.45, 7) is 5.82. The van der Waals surface area contributed by atoms with Crippen LogP contribution in [0.4, 0.5) is 0 Å². The van der Waals surface area contributed by atoms with E-state index >= 15 is 0 Å². The molecule has 1 fully saturated rings. The van der Waals surface area contributed by atoms with Gasteiger partial charge in [-0.15, -0.1) is 0 Å². The number of rotatable bonds is 3. The molecule has 0 spiro atoms. The fraction of sp³-hybridized carbons (Fsp3) is 0.500. The molecule has 1 saturated heterocycles. The topological polar surface area (TPSA) is 40.5 Å². The first kappa shape index (κ1) is 12.1. The number of nitrogens with zero attached hydrogens (tertiary/aromatic N) is 1. The second-order valence-corrected chi connectivity index (χ2v) is 4.85. The second kappa shape index (κ2) is 4.88. The zero-order valence-corrected chi connectivity index (χ0v) is 10.4. The van der Waals surface area contributed by atoms with E-state index in [2.05, 4.69) is 30.9 Å². The predicted octanol–water partition coefficient (Wildman–Crippen LogP) is 2.46. The van der Waals surface area contributed by atoms with Crippen LogP contribution in [0.2, 0.25) is 0 Å². The lowest BCUT2D eigenvalue weighted by atomic mass is 10.0. The van der Waals surface area contributed by atoms with Crippen molar-refractivity contribution in [2.24, 2.45) is 5.92 Å². The van der Waals surface area contributed by atoms with Gasteiger partial charge in [-0.25, -0.2) is 0 Å². The van der Waals surface area contributed by atoms with E-state index in [-0.39, 0.29) is 5.92 Å². The molecule has 2 atom stereocenters.